The van der Waals surface area contributed by atoms with Gasteiger partial charge in [-0.1, -0.05) is 12.1 Å². The van der Waals surface area contributed by atoms with Crippen molar-refractivity contribution in [1.82, 2.24) is 25.1 Å². The Bertz CT molecular complexity index is 1110. The number of aromatic amines is 1. The van der Waals surface area contributed by atoms with Crippen molar-refractivity contribution in [3.63, 3.8) is 0 Å². The van der Waals surface area contributed by atoms with Gasteiger partial charge in [0.05, 0.1) is 22.9 Å². The number of hydrogen-bond donors (Lipinski definition) is 3. The second-order valence-electron chi connectivity index (χ2n) is 8.07. The second kappa shape index (κ2) is 10.1. The molecule has 0 amide bonds. The van der Waals surface area contributed by atoms with E-state index in [2.05, 4.69) is 64.0 Å². The first-order valence-corrected chi connectivity index (χ1v) is 11.3. The van der Waals surface area contributed by atoms with Crippen LogP contribution in [0.25, 0.3) is 22.3 Å². The first kappa shape index (κ1) is 21.6. The highest BCUT2D eigenvalue weighted by atomic mass is 32.1. The van der Waals surface area contributed by atoms with Crippen molar-refractivity contribution in [2.75, 3.05) is 12.3 Å². The van der Waals surface area contributed by atoms with Gasteiger partial charge in [-0.25, -0.2) is 9.37 Å². The van der Waals surface area contributed by atoms with E-state index in [1.165, 1.54) is 24.1 Å². The summed E-state index contributed by atoms with van der Waals surface area (Å²) in [5.41, 5.74) is 5.26. The van der Waals surface area contributed by atoms with Gasteiger partial charge < -0.3 is 9.88 Å². The smallest absolute Gasteiger partial charge is 0.123 e. The molecule has 0 bridgehead atoms. The molecule has 31 heavy (non-hydrogen) atoms. The zero-order valence-corrected chi connectivity index (χ0v) is 18.5. The normalized spacial score (nSPS) is 18.2. The number of benzene rings is 1. The summed E-state index contributed by atoms with van der Waals surface area (Å²) >= 11 is 4.04. The van der Waals surface area contributed by atoms with Crippen LogP contribution in [0.2, 0.25) is 0 Å². The summed E-state index contributed by atoms with van der Waals surface area (Å²) in [7, 11) is 0. The summed E-state index contributed by atoms with van der Waals surface area (Å²) in [6, 6.07) is 13.6. The summed E-state index contributed by atoms with van der Waals surface area (Å²) in [6.45, 7) is 4.43. The van der Waals surface area contributed by atoms with Gasteiger partial charge in [0, 0.05) is 30.5 Å². The molecule has 0 spiro atoms. The molecule has 2 atom stereocenters. The first-order valence-electron chi connectivity index (χ1n) is 10.7. The number of thiol groups is 1. The van der Waals surface area contributed by atoms with Crippen molar-refractivity contribution in [3.05, 3.63) is 72.4 Å². The molecule has 4 heterocycles. The summed E-state index contributed by atoms with van der Waals surface area (Å²) in [4.78, 5) is 4.73. The lowest BCUT2D eigenvalue weighted by molar-refractivity contribution is 0.483. The molecule has 7 heteroatoms. The summed E-state index contributed by atoms with van der Waals surface area (Å²) in [5.74, 6) is 1.31. The van der Waals surface area contributed by atoms with Crippen molar-refractivity contribution in [1.29, 1.82) is 0 Å². The van der Waals surface area contributed by atoms with Gasteiger partial charge in [-0.3, -0.25) is 5.10 Å². The zero-order valence-electron chi connectivity index (χ0n) is 17.6. The highest BCUT2D eigenvalue weighted by Crippen LogP contribution is 2.23. The van der Waals surface area contributed by atoms with Gasteiger partial charge in [-0.15, -0.1) is 0 Å². The molecular weight excluding hydrogens is 409 g/mol. The highest BCUT2D eigenvalue weighted by Gasteiger charge is 2.21. The maximum Gasteiger partial charge on any atom is 0.123 e. The molecular formula is C24H28FN5S. The molecule has 5 nitrogen and oxygen atoms in total. The third kappa shape index (κ3) is 5.54. The second-order valence-corrected chi connectivity index (χ2v) is 8.52. The van der Waals surface area contributed by atoms with Crippen LogP contribution < -0.4 is 5.32 Å². The van der Waals surface area contributed by atoms with Crippen LogP contribution in [0.15, 0.2) is 61.1 Å². The van der Waals surface area contributed by atoms with Crippen LogP contribution in [0.4, 0.5) is 4.39 Å². The number of halogens is 1. The molecule has 2 N–H and O–H groups in total. The van der Waals surface area contributed by atoms with Crippen molar-refractivity contribution in [2.45, 2.75) is 32.4 Å². The Morgan fingerprint density at radius 1 is 1.23 bits per heavy atom. The van der Waals surface area contributed by atoms with Crippen LogP contribution in [0.3, 0.4) is 0 Å². The van der Waals surface area contributed by atoms with Crippen LogP contribution >= 0.6 is 12.6 Å². The third-order valence-corrected chi connectivity index (χ3v) is 5.83. The predicted octanol–water partition coefficient (Wildman–Crippen LogP) is 4.72. The molecule has 0 radical (unpaired) electrons. The molecule has 4 aromatic rings. The molecule has 3 aromatic heterocycles. The molecule has 1 fully saturated rings. The minimum Gasteiger partial charge on any atom is -0.346 e. The van der Waals surface area contributed by atoms with E-state index >= 15 is 0 Å². The monoisotopic (exact) mass is 437 g/mol. The maximum atomic E-state index is 12.5. The number of hydrogen-bond acceptors (Lipinski definition) is 4. The van der Waals surface area contributed by atoms with Crippen molar-refractivity contribution in [3.8, 4) is 11.3 Å². The van der Waals surface area contributed by atoms with Crippen LogP contribution in [0.1, 0.15) is 18.9 Å². The SMILES string of the molecule is CC1CC(Cn2ccc3nc(-c4cn[nH]c4)ccc32)CN1.Fc1cccc(CCS)c1. The summed E-state index contributed by atoms with van der Waals surface area (Å²) < 4.78 is 14.8. The van der Waals surface area contributed by atoms with Gasteiger partial charge in [-0.2, -0.15) is 17.7 Å². The number of nitrogens with zero attached hydrogens (tertiary/aromatic N) is 3. The number of aryl methyl sites for hydroxylation is 1. The van der Waals surface area contributed by atoms with E-state index in [-0.39, 0.29) is 5.82 Å². The van der Waals surface area contributed by atoms with Crippen LogP contribution in [0.5, 0.6) is 0 Å². The Morgan fingerprint density at radius 3 is 2.84 bits per heavy atom. The van der Waals surface area contributed by atoms with E-state index in [0.717, 1.165) is 47.6 Å². The van der Waals surface area contributed by atoms with E-state index in [0.29, 0.717) is 12.0 Å². The van der Waals surface area contributed by atoms with Crippen LogP contribution in [0, 0.1) is 11.7 Å². The van der Waals surface area contributed by atoms with E-state index in [1.54, 1.807) is 12.3 Å². The summed E-state index contributed by atoms with van der Waals surface area (Å²) in [5, 5.41) is 10.3. The lowest BCUT2D eigenvalue weighted by Crippen LogP contribution is -2.17. The highest BCUT2D eigenvalue weighted by molar-refractivity contribution is 7.80. The van der Waals surface area contributed by atoms with Gasteiger partial charge in [-0.05, 0) is 73.9 Å². The average Bonchev–Trinajstić information content (AvgIpc) is 3.51. The Labute approximate surface area is 187 Å². The molecule has 1 aromatic carbocycles. The van der Waals surface area contributed by atoms with Crippen LogP contribution in [-0.2, 0) is 13.0 Å². The number of aromatic nitrogens is 4. The maximum absolute atomic E-state index is 12.5. The molecule has 0 saturated carbocycles. The van der Waals surface area contributed by atoms with Crippen LogP contribution in [-0.4, -0.2) is 38.1 Å². The van der Waals surface area contributed by atoms with Crippen molar-refractivity contribution < 1.29 is 4.39 Å². The molecule has 5 rings (SSSR count). The minimum absolute atomic E-state index is 0.167. The van der Waals surface area contributed by atoms with Gasteiger partial charge in [0.25, 0.3) is 0 Å². The number of H-pyrrole nitrogens is 1. The van der Waals surface area contributed by atoms with Gasteiger partial charge in [0.1, 0.15) is 5.82 Å². The first-order chi connectivity index (χ1) is 15.1. The molecule has 1 aliphatic heterocycles. The fourth-order valence-corrected chi connectivity index (χ4v) is 4.32. The lowest BCUT2D eigenvalue weighted by Gasteiger charge is -2.11. The molecule has 1 aliphatic rings. The fourth-order valence-electron chi connectivity index (χ4n) is 4.06. The van der Waals surface area contributed by atoms with Gasteiger partial charge in [0.15, 0.2) is 0 Å². The number of pyridine rings is 1. The van der Waals surface area contributed by atoms with Gasteiger partial charge in [0.2, 0.25) is 0 Å². The molecule has 0 aliphatic carbocycles. The third-order valence-electron chi connectivity index (χ3n) is 5.60. The van der Waals surface area contributed by atoms with Crippen molar-refractivity contribution in [2.24, 2.45) is 5.92 Å². The predicted molar refractivity (Wildman–Crippen MR) is 127 cm³/mol. The number of fused-ring (bicyclic) bond motifs is 1. The average molecular weight is 438 g/mol. The molecule has 1 saturated heterocycles. The number of nitrogens with one attached hydrogen (secondary N) is 2. The number of rotatable bonds is 5. The van der Waals surface area contributed by atoms with E-state index < -0.39 is 0 Å². The van der Waals surface area contributed by atoms with E-state index in [1.807, 2.05) is 12.3 Å². The Kier molecular flexibility index (Phi) is 7.04. The Hall–Kier alpha value is -2.64. The van der Waals surface area contributed by atoms with Crippen molar-refractivity contribution >= 4 is 23.7 Å². The molecule has 2 unspecified atom stereocenters. The fraction of sp³-hybridized carbons (Fsp3) is 0.333. The summed E-state index contributed by atoms with van der Waals surface area (Å²) in [6.07, 6.45) is 7.91. The van der Waals surface area contributed by atoms with Gasteiger partial charge >= 0.3 is 0 Å². The largest absolute Gasteiger partial charge is 0.346 e. The van der Waals surface area contributed by atoms with E-state index in [9.17, 15) is 4.39 Å². The topological polar surface area (TPSA) is 58.5 Å². The standard InChI is InChI=1S/C16H19N5.C8H9FS/c1-11-6-12(7-17-11)10-21-5-4-15-16(21)3-2-14(20-15)13-8-18-19-9-13;9-8-3-1-2-7(6-8)4-5-10/h2-5,8-9,11-12,17H,6-7,10H2,1H3,(H,18,19);1-3,6,10H,4-5H2. The molecule has 162 valence electrons. The minimum atomic E-state index is -0.167. The zero-order chi connectivity index (χ0) is 21.6. The van der Waals surface area contributed by atoms with E-state index in [4.69, 9.17) is 4.98 Å². The Balaban J connectivity index is 0.000000196. The quantitative estimate of drug-likeness (QED) is 0.396. The Morgan fingerprint density at radius 2 is 2.13 bits per heavy atom. The lowest BCUT2D eigenvalue weighted by atomic mass is 10.1.